The molecule has 3 aromatic heterocycles. The van der Waals surface area contributed by atoms with E-state index >= 15 is 0 Å². The normalized spacial score (nSPS) is 11.3. The molecular weight excluding hydrogens is 532 g/mol. The average Bonchev–Trinajstić information content (AvgIpc) is 3.31. The van der Waals surface area contributed by atoms with E-state index in [0.717, 1.165) is 60.2 Å². The molecule has 0 N–H and O–H groups in total. The van der Waals surface area contributed by atoms with Crippen LogP contribution in [0.4, 0.5) is 0 Å². The molecule has 0 saturated heterocycles. The van der Waals surface area contributed by atoms with Crippen LogP contribution in [0.15, 0.2) is 132 Å². The van der Waals surface area contributed by atoms with Crippen molar-refractivity contribution in [3.8, 4) is 39.6 Å². The number of pyridine rings is 1. The van der Waals surface area contributed by atoms with Crippen LogP contribution < -0.4 is 0 Å². The number of aromatic nitrogens is 4. The SMILES string of the molecule is Brc1ccc2c3ncccc3n(-c3ccc(-c4nc(-c5ccccc5)cc(-c5ccccc5)n4)cc3)c2c1. The second-order valence-electron chi connectivity index (χ2n) is 9.11. The highest BCUT2D eigenvalue weighted by atomic mass is 79.9. The van der Waals surface area contributed by atoms with E-state index in [4.69, 9.17) is 9.97 Å². The lowest BCUT2D eigenvalue weighted by Gasteiger charge is -2.11. The molecule has 0 aliphatic carbocycles. The summed E-state index contributed by atoms with van der Waals surface area (Å²) >= 11 is 3.64. The topological polar surface area (TPSA) is 43.6 Å². The summed E-state index contributed by atoms with van der Waals surface area (Å²) in [7, 11) is 0. The Hall–Kier alpha value is -4.61. The van der Waals surface area contributed by atoms with E-state index in [0.29, 0.717) is 5.82 Å². The van der Waals surface area contributed by atoms with Crippen LogP contribution >= 0.6 is 15.9 Å². The number of hydrogen-bond donors (Lipinski definition) is 0. The predicted molar refractivity (Wildman–Crippen MR) is 158 cm³/mol. The Kier molecular flexibility index (Phi) is 5.56. The van der Waals surface area contributed by atoms with Gasteiger partial charge < -0.3 is 4.57 Å². The maximum absolute atomic E-state index is 4.97. The van der Waals surface area contributed by atoms with Crippen molar-refractivity contribution < 1.29 is 0 Å². The molecule has 0 atom stereocenters. The van der Waals surface area contributed by atoms with Gasteiger partial charge >= 0.3 is 0 Å². The molecule has 0 amide bonds. The molecule has 0 radical (unpaired) electrons. The minimum atomic E-state index is 0.698. The van der Waals surface area contributed by atoms with E-state index in [2.05, 4.69) is 104 Å². The Labute approximate surface area is 228 Å². The van der Waals surface area contributed by atoms with Gasteiger partial charge in [0.1, 0.15) is 0 Å². The first-order valence-electron chi connectivity index (χ1n) is 12.4. The van der Waals surface area contributed by atoms with Crippen molar-refractivity contribution in [3.63, 3.8) is 0 Å². The van der Waals surface area contributed by atoms with Gasteiger partial charge in [0.05, 0.1) is 27.9 Å². The van der Waals surface area contributed by atoms with E-state index in [1.807, 2.05) is 48.7 Å². The van der Waals surface area contributed by atoms with Crippen molar-refractivity contribution >= 4 is 37.9 Å². The lowest BCUT2D eigenvalue weighted by Crippen LogP contribution is -1.97. The fraction of sp³-hybridized carbons (Fsp3) is 0. The zero-order chi connectivity index (χ0) is 25.5. The van der Waals surface area contributed by atoms with Crippen molar-refractivity contribution in [2.45, 2.75) is 0 Å². The minimum Gasteiger partial charge on any atom is -0.308 e. The molecule has 7 rings (SSSR count). The molecule has 3 heterocycles. The second-order valence-corrected chi connectivity index (χ2v) is 10.0. The quantitative estimate of drug-likeness (QED) is 0.219. The van der Waals surface area contributed by atoms with Crippen LogP contribution in [0.2, 0.25) is 0 Å². The highest BCUT2D eigenvalue weighted by Gasteiger charge is 2.15. The first-order valence-corrected chi connectivity index (χ1v) is 13.2. The summed E-state index contributed by atoms with van der Waals surface area (Å²) in [6.45, 7) is 0. The van der Waals surface area contributed by atoms with Crippen molar-refractivity contribution in [1.82, 2.24) is 19.5 Å². The van der Waals surface area contributed by atoms with Crippen molar-refractivity contribution in [2.75, 3.05) is 0 Å². The molecule has 0 fully saturated rings. The number of halogens is 1. The summed E-state index contributed by atoms with van der Waals surface area (Å²) in [6, 6.07) is 41.4. The Balaban J connectivity index is 1.37. The maximum atomic E-state index is 4.97. The zero-order valence-electron chi connectivity index (χ0n) is 20.3. The van der Waals surface area contributed by atoms with E-state index in [1.165, 1.54) is 0 Å². The number of hydrogen-bond acceptors (Lipinski definition) is 3. The van der Waals surface area contributed by atoms with Gasteiger partial charge in [-0.2, -0.15) is 0 Å². The molecule has 38 heavy (non-hydrogen) atoms. The smallest absolute Gasteiger partial charge is 0.160 e. The molecule has 0 aliphatic rings. The van der Waals surface area contributed by atoms with Gasteiger partial charge in [-0.15, -0.1) is 0 Å². The van der Waals surface area contributed by atoms with Crippen molar-refractivity contribution in [2.24, 2.45) is 0 Å². The van der Waals surface area contributed by atoms with Crippen LogP contribution in [0.3, 0.4) is 0 Å². The van der Waals surface area contributed by atoms with Gasteiger partial charge in [0.15, 0.2) is 5.82 Å². The number of rotatable bonds is 4. The summed E-state index contributed by atoms with van der Waals surface area (Å²) in [5, 5.41) is 1.12. The van der Waals surface area contributed by atoms with Gasteiger partial charge in [0.2, 0.25) is 0 Å². The van der Waals surface area contributed by atoms with Gasteiger partial charge in [-0.1, -0.05) is 76.6 Å². The third-order valence-electron chi connectivity index (χ3n) is 6.73. The lowest BCUT2D eigenvalue weighted by molar-refractivity contribution is 1.16. The van der Waals surface area contributed by atoms with Gasteiger partial charge in [0.25, 0.3) is 0 Å². The standard InChI is InChI=1S/C33H21BrN4/c34-25-15-18-27-31(20-25)38(30-12-7-19-35-32(27)30)26-16-13-24(14-17-26)33-36-28(22-8-3-1-4-9-22)21-29(37-33)23-10-5-2-6-11-23/h1-21H. The molecular formula is C33H21BrN4. The summed E-state index contributed by atoms with van der Waals surface area (Å²) in [4.78, 5) is 14.6. The molecule has 180 valence electrons. The molecule has 0 bridgehead atoms. The zero-order valence-corrected chi connectivity index (χ0v) is 21.9. The molecule has 0 unspecified atom stereocenters. The fourth-order valence-corrected chi connectivity index (χ4v) is 5.28. The molecule has 0 aliphatic heterocycles. The molecule has 5 heteroatoms. The van der Waals surface area contributed by atoms with Gasteiger partial charge in [-0.3, -0.25) is 4.98 Å². The predicted octanol–water partition coefficient (Wildman–Crippen LogP) is 8.73. The Morgan fingerprint density at radius 3 is 1.87 bits per heavy atom. The number of fused-ring (bicyclic) bond motifs is 3. The van der Waals surface area contributed by atoms with Crippen LogP contribution in [0, 0.1) is 0 Å². The number of nitrogens with zero attached hydrogens (tertiary/aromatic N) is 4. The Morgan fingerprint density at radius 1 is 0.553 bits per heavy atom. The Morgan fingerprint density at radius 2 is 1.21 bits per heavy atom. The van der Waals surface area contributed by atoms with Crippen LogP contribution in [-0.4, -0.2) is 19.5 Å². The Bertz CT molecular complexity index is 1850. The van der Waals surface area contributed by atoms with Gasteiger partial charge in [0, 0.05) is 38.4 Å². The van der Waals surface area contributed by atoms with Crippen LogP contribution in [0.1, 0.15) is 0 Å². The monoisotopic (exact) mass is 552 g/mol. The maximum Gasteiger partial charge on any atom is 0.160 e. The van der Waals surface area contributed by atoms with Crippen molar-refractivity contribution in [3.05, 3.63) is 132 Å². The van der Waals surface area contributed by atoms with E-state index in [9.17, 15) is 0 Å². The lowest BCUT2D eigenvalue weighted by atomic mass is 10.1. The highest BCUT2D eigenvalue weighted by Crippen LogP contribution is 2.33. The van der Waals surface area contributed by atoms with Gasteiger partial charge in [-0.25, -0.2) is 9.97 Å². The minimum absolute atomic E-state index is 0.698. The summed E-state index contributed by atoms with van der Waals surface area (Å²) in [6.07, 6.45) is 1.85. The molecule has 4 aromatic carbocycles. The summed E-state index contributed by atoms with van der Waals surface area (Å²) in [5.41, 5.74) is 9.11. The first kappa shape index (κ1) is 22.6. The van der Waals surface area contributed by atoms with E-state index in [1.54, 1.807) is 0 Å². The van der Waals surface area contributed by atoms with E-state index < -0.39 is 0 Å². The third kappa shape index (κ3) is 3.98. The van der Waals surface area contributed by atoms with Crippen LogP contribution in [-0.2, 0) is 0 Å². The second kappa shape index (κ2) is 9.36. The number of benzene rings is 4. The van der Waals surface area contributed by atoms with Crippen LogP contribution in [0.5, 0.6) is 0 Å². The molecule has 0 saturated carbocycles. The fourth-order valence-electron chi connectivity index (χ4n) is 4.93. The summed E-state index contributed by atoms with van der Waals surface area (Å²) < 4.78 is 3.29. The molecule has 0 spiro atoms. The molecule has 7 aromatic rings. The highest BCUT2D eigenvalue weighted by molar-refractivity contribution is 9.10. The first-order chi connectivity index (χ1) is 18.7. The van der Waals surface area contributed by atoms with Crippen molar-refractivity contribution in [1.29, 1.82) is 0 Å². The largest absolute Gasteiger partial charge is 0.308 e. The van der Waals surface area contributed by atoms with Gasteiger partial charge in [-0.05, 0) is 60.7 Å². The summed E-state index contributed by atoms with van der Waals surface area (Å²) in [5.74, 6) is 0.698. The van der Waals surface area contributed by atoms with E-state index in [-0.39, 0.29) is 0 Å². The third-order valence-corrected chi connectivity index (χ3v) is 7.23. The average molecular weight is 553 g/mol. The van der Waals surface area contributed by atoms with Crippen LogP contribution in [0.25, 0.3) is 61.5 Å². The molecule has 4 nitrogen and oxygen atoms in total.